The fraction of sp³-hybridized carbons (Fsp3) is 0.250. The van der Waals surface area contributed by atoms with Gasteiger partial charge in [0.1, 0.15) is 5.82 Å². The van der Waals surface area contributed by atoms with Crippen molar-refractivity contribution in [2.45, 2.75) is 13.3 Å². The number of carbonyl (C=O) groups is 1. The summed E-state index contributed by atoms with van der Waals surface area (Å²) in [6, 6.07) is 4.76. The van der Waals surface area contributed by atoms with E-state index in [1.54, 1.807) is 12.1 Å². The molecule has 1 rings (SSSR count). The zero-order valence-electron chi connectivity index (χ0n) is 8.72. The van der Waals surface area contributed by atoms with Gasteiger partial charge in [0.25, 0.3) is 0 Å². The molecule has 0 saturated heterocycles. The Balaban J connectivity index is 2.53. The first-order valence-corrected chi connectivity index (χ1v) is 6.45. The third kappa shape index (κ3) is 4.82. The van der Waals surface area contributed by atoms with E-state index in [-0.39, 0.29) is 10.9 Å². The van der Waals surface area contributed by atoms with E-state index in [4.69, 9.17) is 0 Å². The standard InChI is InChI=1S/C12H10BrFOS/c1-9(15)16-7-3-2-4-10-5-6-11(13)8-12(10)14/h5-6,8H,3,7H2,1H3. The summed E-state index contributed by atoms with van der Waals surface area (Å²) in [7, 11) is 0. The summed E-state index contributed by atoms with van der Waals surface area (Å²) in [5, 5.41) is 0.0802. The summed E-state index contributed by atoms with van der Waals surface area (Å²) in [5.41, 5.74) is 0.385. The molecule has 0 heterocycles. The fourth-order valence-electron chi connectivity index (χ4n) is 0.994. The Morgan fingerprint density at radius 3 is 2.94 bits per heavy atom. The van der Waals surface area contributed by atoms with Gasteiger partial charge in [-0.3, -0.25) is 4.79 Å². The van der Waals surface area contributed by atoms with Crippen molar-refractivity contribution in [3.63, 3.8) is 0 Å². The van der Waals surface area contributed by atoms with Crippen molar-refractivity contribution in [2.75, 3.05) is 5.75 Å². The molecule has 0 N–H and O–H groups in total. The molecule has 0 saturated carbocycles. The molecule has 0 aromatic heterocycles. The number of hydrogen-bond acceptors (Lipinski definition) is 2. The van der Waals surface area contributed by atoms with E-state index in [1.165, 1.54) is 24.8 Å². The number of hydrogen-bond donors (Lipinski definition) is 0. The van der Waals surface area contributed by atoms with Gasteiger partial charge in [0.15, 0.2) is 5.12 Å². The smallest absolute Gasteiger partial charge is 0.185 e. The van der Waals surface area contributed by atoms with Crippen LogP contribution in [0.5, 0.6) is 0 Å². The Kier molecular flexibility index (Phi) is 5.58. The Hall–Kier alpha value is -0.790. The van der Waals surface area contributed by atoms with Gasteiger partial charge in [-0.1, -0.05) is 39.5 Å². The first-order valence-electron chi connectivity index (χ1n) is 4.67. The van der Waals surface area contributed by atoms with Crippen LogP contribution in [0.15, 0.2) is 22.7 Å². The highest BCUT2D eigenvalue weighted by Crippen LogP contribution is 2.14. The quantitative estimate of drug-likeness (QED) is 0.613. The highest BCUT2D eigenvalue weighted by atomic mass is 79.9. The fourth-order valence-corrected chi connectivity index (χ4v) is 1.82. The molecule has 1 aromatic carbocycles. The minimum atomic E-state index is -0.332. The van der Waals surface area contributed by atoms with Crippen molar-refractivity contribution in [1.29, 1.82) is 0 Å². The Bertz CT molecular complexity index is 448. The zero-order chi connectivity index (χ0) is 12.0. The van der Waals surface area contributed by atoms with Crippen LogP contribution in [0.4, 0.5) is 4.39 Å². The maximum absolute atomic E-state index is 13.3. The molecular weight excluding hydrogens is 291 g/mol. The molecule has 0 aliphatic rings. The molecule has 1 nitrogen and oxygen atoms in total. The van der Waals surface area contributed by atoms with Gasteiger partial charge < -0.3 is 0 Å². The molecule has 0 atom stereocenters. The summed E-state index contributed by atoms with van der Waals surface area (Å²) < 4.78 is 14.0. The molecule has 4 heteroatoms. The lowest BCUT2D eigenvalue weighted by Gasteiger charge is -1.94. The van der Waals surface area contributed by atoms with E-state index in [0.717, 1.165) is 0 Å². The molecule has 0 amide bonds. The number of thioether (sulfide) groups is 1. The molecular formula is C12H10BrFOS. The number of carbonyl (C=O) groups excluding carboxylic acids is 1. The van der Waals surface area contributed by atoms with Crippen LogP contribution in [-0.2, 0) is 4.79 Å². The van der Waals surface area contributed by atoms with Crippen molar-refractivity contribution in [3.05, 3.63) is 34.1 Å². The monoisotopic (exact) mass is 300 g/mol. The summed E-state index contributed by atoms with van der Waals surface area (Å²) in [6.07, 6.45) is 0.583. The molecule has 0 aliphatic heterocycles. The minimum Gasteiger partial charge on any atom is -0.288 e. The van der Waals surface area contributed by atoms with Gasteiger partial charge in [-0.2, -0.15) is 0 Å². The van der Waals surface area contributed by atoms with Gasteiger partial charge in [0.2, 0.25) is 0 Å². The SMILES string of the molecule is CC(=O)SCCC#Cc1ccc(Br)cc1F. The third-order valence-corrected chi connectivity index (χ3v) is 2.99. The largest absolute Gasteiger partial charge is 0.288 e. The molecule has 0 aliphatic carbocycles. The summed E-state index contributed by atoms with van der Waals surface area (Å²) in [4.78, 5) is 10.6. The van der Waals surface area contributed by atoms with Crippen LogP contribution < -0.4 is 0 Å². The summed E-state index contributed by atoms with van der Waals surface area (Å²) in [6.45, 7) is 1.52. The average molecular weight is 301 g/mol. The van der Waals surface area contributed by atoms with E-state index in [2.05, 4.69) is 27.8 Å². The van der Waals surface area contributed by atoms with Gasteiger partial charge in [0, 0.05) is 23.6 Å². The normalized spacial score (nSPS) is 9.44. The predicted molar refractivity (Wildman–Crippen MR) is 68.7 cm³/mol. The maximum atomic E-state index is 13.3. The minimum absolute atomic E-state index is 0.0802. The lowest BCUT2D eigenvalue weighted by atomic mass is 10.2. The third-order valence-electron chi connectivity index (χ3n) is 1.69. The lowest BCUT2D eigenvalue weighted by molar-refractivity contribution is -0.109. The average Bonchev–Trinajstić information content (AvgIpc) is 2.20. The first-order chi connectivity index (χ1) is 7.59. The Morgan fingerprint density at radius 1 is 1.56 bits per heavy atom. The lowest BCUT2D eigenvalue weighted by Crippen LogP contribution is -1.85. The molecule has 16 heavy (non-hydrogen) atoms. The number of halogens is 2. The van der Waals surface area contributed by atoms with Crippen molar-refractivity contribution >= 4 is 32.8 Å². The van der Waals surface area contributed by atoms with Crippen molar-refractivity contribution in [1.82, 2.24) is 0 Å². The topological polar surface area (TPSA) is 17.1 Å². The van der Waals surface area contributed by atoms with Crippen molar-refractivity contribution in [3.8, 4) is 11.8 Å². The van der Waals surface area contributed by atoms with Crippen molar-refractivity contribution < 1.29 is 9.18 Å². The zero-order valence-corrected chi connectivity index (χ0v) is 11.1. The van der Waals surface area contributed by atoms with Gasteiger partial charge in [-0.15, -0.1) is 0 Å². The Morgan fingerprint density at radius 2 is 2.31 bits per heavy atom. The van der Waals surface area contributed by atoms with Crippen LogP contribution in [0.25, 0.3) is 0 Å². The van der Waals surface area contributed by atoms with Crippen LogP contribution >= 0.6 is 27.7 Å². The van der Waals surface area contributed by atoms with E-state index in [9.17, 15) is 9.18 Å². The van der Waals surface area contributed by atoms with E-state index < -0.39 is 0 Å². The molecule has 1 aromatic rings. The van der Waals surface area contributed by atoms with E-state index >= 15 is 0 Å². The number of rotatable bonds is 2. The first kappa shape index (κ1) is 13.3. The van der Waals surface area contributed by atoms with Crippen LogP contribution in [0.2, 0.25) is 0 Å². The summed E-state index contributed by atoms with van der Waals surface area (Å²) >= 11 is 4.41. The molecule has 0 fully saturated rings. The molecule has 0 bridgehead atoms. The van der Waals surface area contributed by atoms with Crippen LogP contribution in [0.1, 0.15) is 18.9 Å². The van der Waals surface area contributed by atoms with E-state index in [1.807, 2.05) is 0 Å². The molecule has 0 spiro atoms. The van der Waals surface area contributed by atoms with Gasteiger partial charge in [0.05, 0.1) is 5.56 Å². The Labute approximate surface area is 107 Å². The second kappa shape index (κ2) is 6.72. The number of benzene rings is 1. The second-order valence-electron chi connectivity index (χ2n) is 3.02. The summed E-state index contributed by atoms with van der Waals surface area (Å²) in [5.74, 6) is 5.90. The van der Waals surface area contributed by atoms with Gasteiger partial charge in [-0.25, -0.2) is 4.39 Å². The molecule has 0 radical (unpaired) electrons. The highest BCUT2D eigenvalue weighted by molar-refractivity contribution is 9.10. The molecule has 84 valence electrons. The van der Waals surface area contributed by atoms with Gasteiger partial charge >= 0.3 is 0 Å². The van der Waals surface area contributed by atoms with Crippen LogP contribution in [-0.4, -0.2) is 10.9 Å². The van der Waals surface area contributed by atoms with E-state index in [0.29, 0.717) is 22.2 Å². The van der Waals surface area contributed by atoms with Crippen LogP contribution in [0, 0.1) is 17.7 Å². The predicted octanol–water partition coefficient (Wildman–Crippen LogP) is 3.61. The van der Waals surface area contributed by atoms with Crippen molar-refractivity contribution in [2.24, 2.45) is 0 Å². The van der Waals surface area contributed by atoms with Gasteiger partial charge in [-0.05, 0) is 18.2 Å². The second-order valence-corrected chi connectivity index (χ2v) is 5.20. The maximum Gasteiger partial charge on any atom is 0.185 e. The molecule has 0 unspecified atom stereocenters. The van der Waals surface area contributed by atoms with Crippen LogP contribution in [0.3, 0.4) is 0 Å². The highest BCUT2D eigenvalue weighted by Gasteiger charge is 1.98.